The maximum atomic E-state index is 12.4. The number of carbonyl (C=O) groups is 1. The minimum absolute atomic E-state index is 0.0235. The number of benzene rings is 1. The van der Waals surface area contributed by atoms with Gasteiger partial charge in [-0.15, -0.1) is 5.10 Å². The molecule has 1 aromatic carbocycles. The number of hydrogen-bond donors (Lipinski definition) is 1. The monoisotopic (exact) mass is 420 g/mol. The lowest BCUT2D eigenvalue weighted by Gasteiger charge is -2.20. The molecule has 0 bridgehead atoms. The van der Waals surface area contributed by atoms with E-state index in [-0.39, 0.29) is 21.0 Å². The van der Waals surface area contributed by atoms with E-state index in [0.717, 1.165) is 23.0 Å². The lowest BCUT2D eigenvalue weighted by atomic mass is 10.1. The number of fused-ring (bicyclic) bond motifs is 1. The Labute approximate surface area is 165 Å². The van der Waals surface area contributed by atoms with Crippen molar-refractivity contribution in [2.75, 3.05) is 20.0 Å². The lowest BCUT2D eigenvalue weighted by molar-refractivity contribution is -0.114. The lowest BCUT2D eigenvalue weighted by Crippen LogP contribution is -2.35. The molecule has 1 aromatic rings. The number of amidine groups is 2. The summed E-state index contributed by atoms with van der Waals surface area (Å²) in [5.74, 6) is 0.0456. The highest BCUT2D eigenvalue weighted by atomic mass is 32.3. The molecule has 1 N–H and O–H groups in total. The van der Waals surface area contributed by atoms with Crippen LogP contribution in [-0.4, -0.2) is 54.7 Å². The van der Waals surface area contributed by atoms with Crippen molar-refractivity contribution in [1.29, 1.82) is 5.41 Å². The number of methoxy groups -OCH3 is 1. The van der Waals surface area contributed by atoms with E-state index in [0.29, 0.717) is 23.7 Å². The predicted octanol–water partition coefficient (Wildman–Crippen LogP) is 1.88. The Bertz CT molecular complexity index is 1070. The van der Waals surface area contributed by atoms with Crippen molar-refractivity contribution in [2.24, 2.45) is 10.1 Å². The molecule has 0 saturated carbocycles. The van der Waals surface area contributed by atoms with Crippen LogP contribution in [0.25, 0.3) is 6.08 Å². The number of hydrogen-bond acceptors (Lipinski definition) is 8. The summed E-state index contributed by atoms with van der Waals surface area (Å²) >= 11 is 0.737. The molecule has 0 unspecified atom stereocenters. The van der Waals surface area contributed by atoms with Crippen molar-refractivity contribution >= 4 is 49.0 Å². The largest absolute Gasteiger partial charge is 0.493 e. The highest BCUT2D eigenvalue weighted by Gasteiger charge is 2.38. The standard InChI is InChI=1S/C17H16N4O5S2/c1-4-7-26-12-6-5-10(9-13(12)25-2)8-11-14(18)21-16(19-15(11)22)27-17(20-21)28(3,23)24/h4-6,8-9,18H,1,7H2,2-3H3/b11-8+,18-14?. The highest BCUT2D eigenvalue weighted by Crippen LogP contribution is 2.32. The fourth-order valence-electron chi connectivity index (χ4n) is 2.33. The van der Waals surface area contributed by atoms with Crippen molar-refractivity contribution in [2.45, 2.75) is 0 Å². The first-order valence-corrected chi connectivity index (χ1v) is 10.6. The van der Waals surface area contributed by atoms with Gasteiger partial charge in [0.2, 0.25) is 19.4 Å². The molecular weight excluding hydrogens is 404 g/mol. The molecule has 28 heavy (non-hydrogen) atoms. The zero-order chi connectivity index (χ0) is 20.5. The van der Waals surface area contributed by atoms with Crippen molar-refractivity contribution in [3.05, 3.63) is 42.0 Å². The quantitative estimate of drug-likeness (QED) is 0.570. The van der Waals surface area contributed by atoms with E-state index >= 15 is 0 Å². The maximum absolute atomic E-state index is 12.4. The molecule has 2 aliphatic heterocycles. The van der Waals surface area contributed by atoms with E-state index in [2.05, 4.69) is 16.7 Å². The summed E-state index contributed by atoms with van der Waals surface area (Å²) in [5, 5.41) is 13.2. The third-order valence-electron chi connectivity index (χ3n) is 3.61. The molecule has 2 aliphatic rings. The number of ether oxygens (including phenoxy) is 2. The molecule has 0 atom stereocenters. The van der Waals surface area contributed by atoms with Crippen molar-refractivity contribution in [3.8, 4) is 11.5 Å². The molecule has 146 valence electrons. The number of nitrogens with zero attached hydrogens (tertiary/aromatic N) is 3. The molecule has 0 spiro atoms. The Morgan fingerprint density at radius 3 is 2.75 bits per heavy atom. The predicted molar refractivity (Wildman–Crippen MR) is 109 cm³/mol. The molecule has 0 fully saturated rings. The van der Waals surface area contributed by atoms with Gasteiger partial charge in [0.05, 0.1) is 12.7 Å². The Kier molecular flexibility index (Phi) is 5.38. The second kappa shape index (κ2) is 7.60. The van der Waals surface area contributed by atoms with Crippen LogP contribution >= 0.6 is 11.8 Å². The zero-order valence-corrected chi connectivity index (χ0v) is 16.6. The summed E-state index contributed by atoms with van der Waals surface area (Å²) < 4.78 is 33.9. The summed E-state index contributed by atoms with van der Waals surface area (Å²) in [6, 6.07) is 5.01. The van der Waals surface area contributed by atoms with Crippen LogP contribution in [0.2, 0.25) is 0 Å². The molecule has 3 rings (SSSR count). The van der Waals surface area contributed by atoms with Gasteiger partial charge < -0.3 is 9.47 Å². The van der Waals surface area contributed by atoms with Crippen LogP contribution in [0.15, 0.2) is 46.5 Å². The molecule has 11 heteroatoms. The van der Waals surface area contributed by atoms with Gasteiger partial charge in [0.25, 0.3) is 5.91 Å². The number of rotatable bonds is 5. The highest BCUT2D eigenvalue weighted by molar-refractivity contribution is 8.42. The molecule has 9 nitrogen and oxygen atoms in total. The topological polar surface area (TPSA) is 121 Å². The molecular formula is C17H16N4O5S2. The van der Waals surface area contributed by atoms with Crippen LogP contribution in [0.3, 0.4) is 0 Å². The van der Waals surface area contributed by atoms with Crippen molar-refractivity contribution in [1.82, 2.24) is 5.01 Å². The van der Waals surface area contributed by atoms with Crippen LogP contribution < -0.4 is 9.47 Å². The number of amides is 1. The first-order chi connectivity index (χ1) is 13.2. The summed E-state index contributed by atoms with van der Waals surface area (Å²) in [5.41, 5.74) is 0.554. The Balaban J connectivity index is 1.95. The summed E-state index contributed by atoms with van der Waals surface area (Å²) in [4.78, 5) is 16.2. The van der Waals surface area contributed by atoms with E-state index in [1.165, 1.54) is 13.2 Å². The van der Waals surface area contributed by atoms with Crippen LogP contribution in [0.1, 0.15) is 5.56 Å². The molecule has 0 saturated heterocycles. The van der Waals surface area contributed by atoms with Gasteiger partial charge in [-0.05, 0) is 35.5 Å². The Hall–Kier alpha value is -2.92. The van der Waals surface area contributed by atoms with Gasteiger partial charge in [0.1, 0.15) is 6.61 Å². The van der Waals surface area contributed by atoms with Gasteiger partial charge in [-0.1, -0.05) is 18.7 Å². The van der Waals surface area contributed by atoms with E-state index < -0.39 is 15.7 Å². The SMILES string of the molecule is C=CCOc1ccc(/C=C2\C(=N)N3N=C(S(C)(=O)=O)SC3=NC2=O)cc1OC. The van der Waals surface area contributed by atoms with Crippen molar-refractivity contribution < 1.29 is 22.7 Å². The number of hydrazone groups is 1. The Morgan fingerprint density at radius 2 is 2.11 bits per heavy atom. The van der Waals surface area contributed by atoms with E-state index in [9.17, 15) is 13.2 Å². The maximum Gasteiger partial charge on any atom is 0.283 e. The minimum Gasteiger partial charge on any atom is -0.493 e. The zero-order valence-electron chi connectivity index (χ0n) is 15.0. The average Bonchev–Trinajstić information content (AvgIpc) is 3.08. The van der Waals surface area contributed by atoms with Gasteiger partial charge in [-0.3, -0.25) is 10.2 Å². The number of sulfone groups is 1. The van der Waals surface area contributed by atoms with Crippen LogP contribution in [0.4, 0.5) is 0 Å². The average molecular weight is 420 g/mol. The molecule has 0 aliphatic carbocycles. The second-order valence-electron chi connectivity index (χ2n) is 5.67. The fraction of sp³-hybridized carbons (Fsp3) is 0.176. The van der Waals surface area contributed by atoms with Gasteiger partial charge in [0, 0.05) is 6.26 Å². The molecule has 0 radical (unpaired) electrons. The van der Waals surface area contributed by atoms with Crippen LogP contribution in [-0.2, 0) is 14.6 Å². The normalized spacial score (nSPS) is 17.9. The van der Waals surface area contributed by atoms with Gasteiger partial charge in [-0.25, -0.2) is 8.42 Å². The fourth-order valence-corrected chi connectivity index (χ4v) is 4.02. The summed E-state index contributed by atoms with van der Waals surface area (Å²) in [6.45, 7) is 3.90. The summed E-state index contributed by atoms with van der Waals surface area (Å²) in [6.07, 6.45) is 4.07. The molecule has 2 heterocycles. The minimum atomic E-state index is -3.57. The van der Waals surface area contributed by atoms with E-state index in [1.807, 2.05) is 0 Å². The number of thioether (sulfide) groups is 1. The number of nitrogens with one attached hydrogen (secondary N) is 1. The smallest absolute Gasteiger partial charge is 0.283 e. The van der Waals surface area contributed by atoms with Crippen LogP contribution in [0, 0.1) is 5.41 Å². The number of carbonyl (C=O) groups excluding carboxylic acids is 1. The van der Waals surface area contributed by atoms with Gasteiger partial charge in [-0.2, -0.15) is 10.0 Å². The first-order valence-electron chi connectivity index (χ1n) is 7.86. The molecule has 0 aromatic heterocycles. The third kappa shape index (κ3) is 3.85. The first kappa shape index (κ1) is 19.8. The third-order valence-corrected chi connectivity index (χ3v) is 6.19. The van der Waals surface area contributed by atoms with E-state index in [4.69, 9.17) is 14.9 Å². The van der Waals surface area contributed by atoms with Crippen LogP contribution in [0.5, 0.6) is 11.5 Å². The van der Waals surface area contributed by atoms with Gasteiger partial charge >= 0.3 is 0 Å². The van der Waals surface area contributed by atoms with Crippen molar-refractivity contribution in [3.63, 3.8) is 0 Å². The summed E-state index contributed by atoms with van der Waals surface area (Å²) in [7, 11) is -2.09. The van der Waals surface area contributed by atoms with E-state index in [1.54, 1.807) is 24.3 Å². The number of aliphatic imine (C=N–C) groups is 1. The Morgan fingerprint density at radius 1 is 1.36 bits per heavy atom. The molecule has 1 amide bonds. The van der Waals surface area contributed by atoms with Gasteiger partial charge in [0.15, 0.2) is 17.3 Å². The second-order valence-corrected chi connectivity index (χ2v) is 8.81.